The molecule has 110 valence electrons. The first-order valence-corrected chi connectivity index (χ1v) is 7.02. The van der Waals surface area contributed by atoms with E-state index >= 15 is 0 Å². The fourth-order valence-electron chi connectivity index (χ4n) is 1.61. The number of benzene rings is 2. The van der Waals surface area contributed by atoms with Crippen molar-refractivity contribution in [3.05, 3.63) is 59.9 Å². The van der Waals surface area contributed by atoms with Gasteiger partial charge >= 0.3 is 0 Å². The zero-order chi connectivity index (χ0) is 15.4. The van der Waals surface area contributed by atoms with Crippen molar-refractivity contribution in [2.45, 2.75) is 17.1 Å². The summed E-state index contributed by atoms with van der Waals surface area (Å²) in [6.45, 7) is 1.58. The van der Waals surface area contributed by atoms with E-state index in [9.17, 15) is 18.0 Å². The minimum Gasteiger partial charge on any atom is -0.323 e. The predicted molar refractivity (Wildman–Crippen MR) is 76.7 cm³/mol. The van der Waals surface area contributed by atoms with Crippen molar-refractivity contribution in [2.24, 2.45) is 0 Å². The van der Waals surface area contributed by atoms with Crippen molar-refractivity contribution in [3.63, 3.8) is 0 Å². The molecule has 0 spiro atoms. The van der Waals surface area contributed by atoms with Crippen LogP contribution in [-0.4, -0.2) is 11.2 Å². The van der Waals surface area contributed by atoms with Gasteiger partial charge in [-0.05, 0) is 31.2 Å². The third-order valence-electron chi connectivity index (χ3n) is 2.70. The van der Waals surface area contributed by atoms with Crippen LogP contribution >= 0.6 is 11.8 Å². The molecule has 0 aliphatic rings. The summed E-state index contributed by atoms with van der Waals surface area (Å²) < 4.78 is 39.7. The fourth-order valence-corrected chi connectivity index (χ4v) is 2.49. The van der Waals surface area contributed by atoms with Gasteiger partial charge in [-0.3, -0.25) is 4.79 Å². The first-order chi connectivity index (χ1) is 9.97. The predicted octanol–water partition coefficient (Wildman–Crippen LogP) is 4.22. The lowest BCUT2D eigenvalue weighted by Gasteiger charge is -2.13. The van der Waals surface area contributed by atoms with E-state index in [4.69, 9.17) is 0 Å². The van der Waals surface area contributed by atoms with Crippen LogP contribution in [0.25, 0.3) is 0 Å². The molecule has 0 fully saturated rings. The van der Waals surface area contributed by atoms with Crippen molar-refractivity contribution < 1.29 is 18.0 Å². The van der Waals surface area contributed by atoms with Crippen molar-refractivity contribution in [1.82, 2.24) is 0 Å². The monoisotopic (exact) mass is 311 g/mol. The molecule has 0 aliphatic heterocycles. The number of halogens is 3. The molecule has 6 heteroatoms. The summed E-state index contributed by atoms with van der Waals surface area (Å²) in [5, 5.41) is 1.72. The Morgan fingerprint density at radius 1 is 1.10 bits per heavy atom. The van der Waals surface area contributed by atoms with Gasteiger partial charge in [-0.1, -0.05) is 12.1 Å². The highest BCUT2D eigenvalue weighted by molar-refractivity contribution is 8.00. The number of amides is 1. The number of hydrogen-bond donors (Lipinski definition) is 1. The average Bonchev–Trinajstić information content (AvgIpc) is 2.44. The molecule has 1 amide bonds. The topological polar surface area (TPSA) is 29.1 Å². The third-order valence-corrected chi connectivity index (χ3v) is 3.85. The summed E-state index contributed by atoms with van der Waals surface area (Å²) in [7, 11) is 0. The van der Waals surface area contributed by atoms with E-state index in [-0.39, 0.29) is 5.69 Å². The normalized spacial score (nSPS) is 12.0. The summed E-state index contributed by atoms with van der Waals surface area (Å²) in [5.74, 6) is -2.49. The van der Waals surface area contributed by atoms with Crippen LogP contribution < -0.4 is 5.32 Å². The number of anilines is 1. The number of thioether (sulfide) groups is 1. The lowest BCUT2D eigenvalue weighted by atomic mass is 10.3. The highest BCUT2D eigenvalue weighted by Crippen LogP contribution is 2.27. The summed E-state index contributed by atoms with van der Waals surface area (Å²) in [5.41, 5.74) is -0.109. The number of nitrogens with one attached hydrogen (secondary N) is 1. The molecule has 21 heavy (non-hydrogen) atoms. The first-order valence-electron chi connectivity index (χ1n) is 6.14. The zero-order valence-electron chi connectivity index (χ0n) is 11.1. The number of carbonyl (C=O) groups is 1. The van der Waals surface area contributed by atoms with Gasteiger partial charge < -0.3 is 5.32 Å². The van der Waals surface area contributed by atoms with Crippen LogP contribution in [0.3, 0.4) is 0 Å². The van der Waals surface area contributed by atoms with E-state index in [1.165, 1.54) is 6.07 Å². The average molecular weight is 311 g/mol. The van der Waals surface area contributed by atoms with E-state index < -0.39 is 28.6 Å². The van der Waals surface area contributed by atoms with Gasteiger partial charge in [-0.25, -0.2) is 13.2 Å². The van der Waals surface area contributed by atoms with Crippen LogP contribution in [0.1, 0.15) is 6.92 Å². The van der Waals surface area contributed by atoms with Crippen LogP contribution in [-0.2, 0) is 4.79 Å². The number of hydrogen-bond acceptors (Lipinski definition) is 2. The van der Waals surface area contributed by atoms with Gasteiger partial charge in [0.1, 0.15) is 17.5 Å². The smallest absolute Gasteiger partial charge is 0.237 e. The van der Waals surface area contributed by atoms with Crippen molar-refractivity contribution in [3.8, 4) is 0 Å². The zero-order valence-corrected chi connectivity index (χ0v) is 11.9. The van der Waals surface area contributed by atoms with Gasteiger partial charge in [0.05, 0.1) is 10.9 Å². The van der Waals surface area contributed by atoms with E-state index in [1.807, 2.05) is 0 Å². The molecule has 0 unspecified atom stereocenters. The van der Waals surface area contributed by atoms with Crippen LogP contribution in [0.15, 0.2) is 47.4 Å². The maximum Gasteiger partial charge on any atom is 0.237 e. The number of carbonyl (C=O) groups excluding carboxylic acids is 1. The van der Waals surface area contributed by atoms with Crippen LogP contribution in [0, 0.1) is 17.5 Å². The molecule has 1 N–H and O–H groups in total. The molecule has 2 aromatic carbocycles. The molecule has 1 atom stereocenters. The lowest BCUT2D eigenvalue weighted by molar-refractivity contribution is -0.115. The second-order valence-electron chi connectivity index (χ2n) is 4.30. The molecule has 0 heterocycles. The Balaban J connectivity index is 2.04. The third kappa shape index (κ3) is 4.01. The Morgan fingerprint density at radius 3 is 2.48 bits per heavy atom. The van der Waals surface area contributed by atoms with E-state index in [0.717, 1.165) is 23.9 Å². The Bertz CT molecular complexity index is 663. The molecular weight excluding hydrogens is 299 g/mol. The Kier molecular flexibility index (Phi) is 4.90. The molecular formula is C15H12F3NOS. The van der Waals surface area contributed by atoms with Gasteiger partial charge in [-0.2, -0.15) is 0 Å². The van der Waals surface area contributed by atoms with Gasteiger partial charge in [0.15, 0.2) is 0 Å². The first kappa shape index (κ1) is 15.4. The Morgan fingerprint density at radius 2 is 1.81 bits per heavy atom. The number of rotatable bonds is 4. The molecule has 2 aromatic rings. The van der Waals surface area contributed by atoms with Crippen molar-refractivity contribution in [1.29, 1.82) is 0 Å². The lowest BCUT2D eigenvalue weighted by Crippen LogP contribution is -2.23. The van der Waals surface area contributed by atoms with Crippen molar-refractivity contribution in [2.75, 3.05) is 5.32 Å². The minimum absolute atomic E-state index is 0.109. The molecule has 0 radical (unpaired) electrons. The molecule has 0 saturated carbocycles. The molecule has 0 bridgehead atoms. The standard InChI is InChI=1S/C15H12F3NOS/c1-9(21-14-5-3-2-4-11(14)17)15(20)19-13-7-6-10(16)8-12(13)18/h2-9H,1H3,(H,19,20)/t9-/m1/s1. The van der Waals surface area contributed by atoms with Crippen LogP contribution in [0.2, 0.25) is 0 Å². The van der Waals surface area contributed by atoms with E-state index in [1.54, 1.807) is 25.1 Å². The SMILES string of the molecule is C[C@@H](Sc1ccccc1F)C(=O)Nc1ccc(F)cc1F. The summed E-state index contributed by atoms with van der Waals surface area (Å²) >= 11 is 1.02. The molecule has 2 nitrogen and oxygen atoms in total. The van der Waals surface area contributed by atoms with Gasteiger partial charge in [-0.15, -0.1) is 11.8 Å². The largest absolute Gasteiger partial charge is 0.323 e. The summed E-state index contributed by atoms with van der Waals surface area (Å²) in [4.78, 5) is 12.3. The van der Waals surface area contributed by atoms with Gasteiger partial charge in [0, 0.05) is 11.0 Å². The van der Waals surface area contributed by atoms with Crippen LogP contribution in [0.4, 0.5) is 18.9 Å². The molecule has 0 aromatic heterocycles. The Labute approximate surface area is 124 Å². The second kappa shape index (κ2) is 6.67. The maximum absolute atomic E-state index is 13.5. The molecule has 2 rings (SSSR count). The Hall–Kier alpha value is -1.95. The molecule has 0 aliphatic carbocycles. The fraction of sp³-hybridized carbons (Fsp3) is 0.133. The van der Waals surface area contributed by atoms with E-state index in [2.05, 4.69) is 5.32 Å². The summed E-state index contributed by atoms with van der Waals surface area (Å²) in [6.07, 6.45) is 0. The highest BCUT2D eigenvalue weighted by Gasteiger charge is 2.17. The van der Waals surface area contributed by atoms with Gasteiger partial charge in [0.25, 0.3) is 0 Å². The van der Waals surface area contributed by atoms with E-state index in [0.29, 0.717) is 11.0 Å². The second-order valence-corrected chi connectivity index (χ2v) is 5.69. The van der Waals surface area contributed by atoms with Crippen LogP contribution in [0.5, 0.6) is 0 Å². The van der Waals surface area contributed by atoms with Crippen molar-refractivity contribution >= 4 is 23.4 Å². The maximum atomic E-state index is 13.5. The minimum atomic E-state index is -0.855. The molecule has 0 saturated heterocycles. The summed E-state index contributed by atoms with van der Waals surface area (Å²) in [6, 6.07) is 8.95. The quantitative estimate of drug-likeness (QED) is 0.856. The highest BCUT2D eigenvalue weighted by atomic mass is 32.2. The van der Waals surface area contributed by atoms with Gasteiger partial charge in [0.2, 0.25) is 5.91 Å².